The van der Waals surface area contributed by atoms with Crippen molar-refractivity contribution >= 4 is 11.5 Å². The van der Waals surface area contributed by atoms with E-state index in [9.17, 15) is 9.90 Å². The van der Waals surface area contributed by atoms with Gasteiger partial charge in [-0.3, -0.25) is 4.79 Å². The minimum absolute atomic E-state index is 0.313. The summed E-state index contributed by atoms with van der Waals surface area (Å²) in [6, 6.07) is 9.26. The maximum Gasteiger partial charge on any atom is 0.156 e. The van der Waals surface area contributed by atoms with Crippen LogP contribution >= 0.6 is 0 Å². The Morgan fingerprint density at radius 1 is 1.06 bits per heavy atom. The molecule has 0 bridgehead atoms. The van der Waals surface area contributed by atoms with Crippen LogP contribution in [-0.4, -0.2) is 31.6 Å². The number of nitrogens with zero attached hydrogens (tertiary/aromatic N) is 1. The number of aliphatic hydroxyl groups is 1. The summed E-state index contributed by atoms with van der Waals surface area (Å²) in [6.07, 6.45) is 11.8. The third kappa shape index (κ3) is 3.57. The number of carbonyl (C=O) groups excluding carboxylic acids is 1. The van der Waals surface area contributed by atoms with E-state index in [0.29, 0.717) is 36.1 Å². The first-order valence-electron chi connectivity index (χ1n) is 12.8. The van der Waals surface area contributed by atoms with E-state index in [1.54, 1.807) is 11.1 Å². The summed E-state index contributed by atoms with van der Waals surface area (Å²) >= 11 is 0. The number of rotatable bonds is 5. The van der Waals surface area contributed by atoms with Gasteiger partial charge in [0.05, 0.1) is 0 Å². The molecule has 0 spiro atoms. The van der Waals surface area contributed by atoms with Crippen LogP contribution in [0.25, 0.3) is 0 Å². The van der Waals surface area contributed by atoms with Crippen molar-refractivity contribution in [2.45, 2.75) is 70.6 Å². The molecule has 0 aromatic heterocycles. The van der Waals surface area contributed by atoms with Gasteiger partial charge in [0, 0.05) is 38.7 Å². The van der Waals surface area contributed by atoms with Crippen molar-refractivity contribution < 1.29 is 9.90 Å². The minimum atomic E-state index is 0.313. The summed E-state index contributed by atoms with van der Waals surface area (Å²) in [7, 11) is 4.20. The van der Waals surface area contributed by atoms with Crippen LogP contribution in [0.5, 0.6) is 0 Å². The van der Waals surface area contributed by atoms with Gasteiger partial charge < -0.3 is 10.0 Å². The highest BCUT2D eigenvalue weighted by Crippen LogP contribution is 2.66. The van der Waals surface area contributed by atoms with Gasteiger partial charge in [0.25, 0.3) is 0 Å². The van der Waals surface area contributed by atoms with E-state index >= 15 is 0 Å². The fraction of sp³-hybridized carbons (Fsp3) is 0.621. The number of hydrogen-bond donors (Lipinski definition) is 1. The Balaban J connectivity index is 1.60. The quantitative estimate of drug-likeness (QED) is 0.615. The van der Waals surface area contributed by atoms with Gasteiger partial charge in [-0.15, -0.1) is 0 Å². The van der Waals surface area contributed by atoms with Gasteiger partial charge in [-0.1, -0.05) is 24.6 Å². The van der Waals surface area contributed by atoms with Crippen LogP contribution in [0.4, 0.5) is 5.69 Å². The zero-order valence-corrected chi connectivity index (χ0v) is 20.1. The third-order valence-corrected chi connectivity index (χ3v) is 9.45. The second-order valence-corrected chi connectivity index (χ2v) is 11.2. The van der Waals surface area contributed by atoms with Crippen molar-refractivity contribution in [3.8, 4) is 0 Å². The van der Waals surface area contributed by atoms with Crippen molar-refractivity contribution in [3.05, 3.63) is 52.6 Å². The van der Waals surface area contributed by atoms with Crippen LogP contribution in [0.1, 0.15) is 76.2 Å². The van der Waals surface area contributed by atoms with Gasteiger partial charge in [-0.05, 0) is 109 Å². The van der Waals surface area contributed by atoms with E-state index < -0.39 is 0 Å². The molecule has 2 fully saturated rings. The third-order valence-electron chi connectivity index (χ3n) is 9.45. The van der Waals surface area contributed by atoms with Crippen molar-refractivity contribution in [1.82, 2.24) is 0 Å². The van der Waals surface area contributed by atoms with Crippen molar-refractivity contribution in [2.75, 3.05) is 25.6 Å². The molecule has 0 aliphatic heterocycles. The van der Waals surface area contributed by atoms with Crippen LogP contribution in [0.2, 0.25) is 0 Å². The maximum atomic E-state index is 12.2. The van der Waals surface area contributed by atoms with E-state index in [4.69, 9.17) is 0 Å². The van der Waals surface area contributed by atoms with Gasteiger partial charge in [0.1, 0.15) is 0 Å². The van der Waals surface area contributed by atoms with Crippen LogP contribution in [0, 0.1) is 23.2 Å². The molecule has 3 nitrogen and oxygen atoms in total. The minimum Gasteiger partial charge on any atom is -0.396 e. The summed E-state index contributed by atoms with van der Waals surface area (Å²) in [5, 5.41) is 9.50. The van der Waals surface area contributed by atoms with Gasteiger partial charge in [-0.25, -0.2) is 0 Å². The van der Waals surface area contributed by atoms with E-state index in [2.05, 4.69) is 50.2 Å². The molecule has 2 unspecified atom stereocenters. The molecule has 2 saturated carbocycles. The van der Waals surface area contributed by atoms with Crippen LogP contribution < -0.4 is 4.90 Å². The molecule has 32 heavy (non-hydrogen) atoms. The molecule has 5 rings (SSSR count). The van der Waals surface area contributed by atoms with Crippen molar-refractivity contribution in [1.29, 1.82) is 0 Å². The number of fused-ring (bicyclic) bond motifs is 4. The lowest BCUT2D eigenvalue weighted by Crippen LogP contribution is -2.43. The highest BCUT2D eigenvalue weighted by Gasteiger charge is 2.56. The smallest absolute Gasteiger partial charge is 0.156 e. The number of aliphatic hydroxyl groups excluding tert-OH is 1. The standard InChI is InChI=1S/C29H39NO2/c1-29-18-26(19-6-10-22(11-7-19)30(2)3)28-24-14-12-23(32)17-20(24)8-13-25(28)27(29)15-9-21(29)5-4-16-31/h6-7,10-11,17,21,25-27,31H,4-5,8-9,12-16,18H2,1-3H3/t21?,25-,26?,27-,29-/m0/s1. The molecule has 172 valence electrons. The Labute approximate surface area is 193 Å². The molecule has 5 atom stereocenters. The lowest BCUT2D eigenvalue weighted by Gasteiger charge is -2.53. The van der Waals surface area contributed by atoms with Gasteiger partial charge in [0.2, 0.25) is 0 Å². The second-order valence-electron chi connectivity index (χ2n) is 11.2. The molecule has 4 aliphatic carbocycles. The summed E-state index contributed by atoms with van der Waals surface area (Å²) in [6.45, 7) is 2.89. The SMILES string of the molecule is CN(C)c1ccc(C2C[C@@]3(C)C(CCCO)CC[C@H]3[C@@H]3CCC4=CC(=O)CCC4=C23)cc1. The molecule has 1 aromatic rings. The van der Waals surface area contributed by atoms with E-state index in [1.165, 1.54) is 42.5 Å². The summed E-state index contributed by atoms with van der Waals surface area (Å²) in [5.41, 5.74) is 7.63. The van der Waals surface area contributed by atoms with E-state index in [0.717, 1.165) is 37.5 Å². The van der Waals surface area contributed by atoms with Gasteiger partial charge in [0.15, 0.2) is 5.78 Å². The highest BCUT2D eigenvalue weighted by molar-refractivity contribution is 5.93. The maximum absolute atomic E-state index is 12.2. The lowest BCUT2D eigenvalue weighted by molar-refractivity contribution is -0.114. The second kappa shape index (κ2) is 8.48. The molecule has 0 saturated heterocycles. The average Bonchev–Trinajstić information content (AvgIpc) is 3.12. The number of benzene rings is 1. The largest absolute Gasteiger partial charge is 0.396 e. The summed E-state index contributed by atoms with van der Waals surface area (Å²) in [4.78, 5) is 14.4. The predicted octanol–water partition coefficient (Wildman–Crippen LogP) is 6.04. The molecule has 3 heteroatoms. The zero-order chi connectivity index (χ0) is 22.5. The van der Waals surface area contributed by atoms with Crippen LogP contribution in [-0.2, 0) is 4.79 Å². The molecule has 1 aromatic carbocycles. The highest BCUT2D eigenvalue weighted by atomic mass is 16.2. The number of carbonyl (C=O) groups is 1. The lowest BCUT2D eigenvalue weighted by atomic mass is 9.51. The Hall–Kier alpha value is -1.87. The normalized spacial score (nSPS) is 34.0. The average molecular weight is 434 g/mol. The number of allylic oxidation sites excluding steroid dienone is 4. The molecule has 0 amide bonds. The molecular formula is C29H39NO2. The van der Waals surface area contributed by atoms with E-state index in [1.807, 2.05) is 6.08 Å². The number of hydrogen-bond acceptors (Lipinski definition) is 3. The van der Waals surface area contributed by atoms with Crippen molar-refractivity contribution in [2.24, 2.45) is 23.2 Å². The van der Waals surface area contributed by atoms with E-state index in [-0.39, 0.29) is 0 Å². The Morgan fingerprint density at radius 3 is 2.56 bits per heavy atom. The Bertz CT molecular complexity index is 940. The topological polar surface area (TPSA) is 40.5 Å². The molecular weight excluding hydrogens is 394 g/mol. The molecule has 1 N–H and O–H groups in total. The summed E-state index contributed by atoms with van der Waals surface area (Å²) < 4.78 is 0. The Morgan fingerprint density at radius 2 is 1.84 bits per heavy atom. The van der Waals surface area contributed by atoms with Gasteiger partial charge >= 0.3 is 0 Å². The van der Waals surface area contributed by atoms with Crippen molar-refractivity contribution in [3.63, 3.8) is 0 Å². The predicted molar refractivity (Wildman–Crippen MR) is 131 cm³/mol. The molecule has 0 heterocycles. The monoisotopic (exact) mass is 433 g/mol. The number of anilines is 1. The Kier molecular flexibility index (Phi) is 5.82. The first kappa shape index (κ1) is 21.9. The molecule has 0 radical (unpaired) electrons. The number of ketones is 1. The zero-order valence-electron chi connectivity index (χ0n) is 20.1. The molecule has 4 aliphatic rings. The fourth-order valence-electron chi connectivity index (χ4n) is 7.88. The summed E-state index contributed by atoms with van der Waals surface area (Å²) in [5.74, 6) is 2.91. The fourth-order valence-corrected chi connectivity index (χ4v) is 7.88. The van der Waals surface area contributed by atoms with Gasteiger partial charge in [-0.2, -0.15) is 0 Å². The first-order valence-corrected chi connectivity index (χ1v) is 12.8. The first-order chi connectivity index (χ1) is 15.4. The van der Waals surface area contributed by atoms with Crippen LogP contribution in [0.15, 0.2) is 47.1 Å². The van der Waals surface area contributed by atoms with Crippen LogP contribution in [0.3, 0.4) is 0 Å².